The number of hydrogen-bond acceptors (Lipinski definition) is 7. The molecule has 1 amide bonds. The van der Waals surface area contributed by atoms with E-state index in [9.17, 15) is 22.8 Å². The Hall–Kier alpha value is -4.54. The molecule has 1 aromatic carbocycles. The van der Waals surface area contributed by atoms with E-state index in [2.05, 4.69) is 15.0 Å². The Labute approximate surface area is 206 Å². The van der Waals surface area contributed by atoms with Crippen molar-refractivity contribution in [1.82, 2.24) is 24.3 Å². The molecule has 0 atom stereocenters. The quantitative estimate of drug-likeness (QED) is 0.379. The molecule has 4 aromatic rings. The van der Waals surface area contributed by atoms with Crippen LogP contribution in [-0.4, -0.2) is 62.0 Å². The van der Waals surface area contributed by atoms with Gasteiger partial charge in [-0.15, -0.1) is 0 Å². The first-order valence-corrected chi connectivity index (χ1v) is 11.0. The van der Waals surface area contributed by atoms with Crippen molar-refractivity contribution in [3.05, 3.63) is 88.6 Å². The summed E-state index contributed by atoms with van der Waals surface area (Å²) in [5.74, 6) is -5.48. The number of nitriles is 1. The van der Waals surface area contributed by atoms with E-state index in [1.54, 1.807) is 10.6 Å². The van der Waals surface area contributed by atoms with Crippen LogP contribution < -0.4 is 0 Å². The Balaban J connectivity index is 1.41. The average molecular weight is 510 g/mol. The summed E-state index contributed by atoms with van der Waals surface area (Å²) < 4.78 is 54.0. The van der Waals surface area contributed by atoms with E-state index in [4.69, 9.17) is 14.7 Å². The van der Waals surface area contributed by atoms with Crippen LogP contribution in [0.4, 0.5) is 13.2 Å². The third-order valence-electron chi connectivity index (χ3n) is 5.62. The summed E-state index contributed by atoms with van der Waals surface area (Å²) in [6.07, 6.45) is 3.52. The monoisotopic (exact) mass is 510 g/mol. The van der Waals surface area contributed by atoms with Gasteiger partial charge in [-0.3, -0.25) is 14.0 Å². The van der Waals surface area contributed by atoms with Gasteiger partial charge in [-0.2, -0.15) is 5.26 Å². The van der Waals surface area contributed by atoms with Gasteiger partial charge in [-0.1, -0.05) is 0 Å². The highest BCUT2D eigenvalue weighted by Crippen LogP contribution is 2.21. The van der Waals surface area contributed by atoms with Crippen molar-refractivity contribution in [1.29, 1.82) is 5.26 Å². The molecular formula is C24H17F3N6O4. The van der Waals surface area contributed by atoms with E-state index in [0.29, 0.717) is 36.7 Å². The number of nitrogens with zero attached hydrogens (tertiary/aromatic N) is 5. The molecular weight excluding hydrogens is 493 g/mol. The third-order valence-corrected chi connectivity index (χ3v) is 5.62. The van der Waals surface area contributed by atoms with Gasteiger partial charge in [0.05, 0.1) is 37.6 Å². The second kappa shape index (κ2) is 9.84. The van der Waals surface area contributed by atoms with Crippen molar-refractivity contribution in [2.45, 2.75) is 12.8 Å². The summed E-state index contributed by atoms with van der Waals surface area (Å²) in [5.41, 5.74) is -0.0487. The maximum atomic E-state index is 14.1. The first-order valence-electron chi connectivity index (χ1n) is 11.0. The van der Waals surface area contributed by atoms with Crippen LogP contribution in [0.2, 0.25) is 0 Å². The molecule has 5 rings (SSSR count). The summed E-state index contributed by atoms with van der Waals surface area (Å²) in [4.78, 5) is 38.5. The molecule has 0 unspecified atom stereocenters. The molecule has 37 heavy (non-hydrogen) atoms. The minimum absolute atomic E-state index is 0.00907. The topological polar surface area (TPSA) is 126 Å². The lowest BCUT2D eigenvalue weighted by Crippen LogP contribution is -2.37. The van der Waals surface area contributed by atoms with E-state index in [1.165, 1.54) is 17.3 Å². The highest BCUT2D eigenvalue weighted by Gasteiger charge is 2.27. The minimum atomic E-state index is -1.35. The summed E-state index contributed by atoms with van der Waals surface area (Å²) in [7, 11) is 0. The first-order chi connectivity index (χ1) is 17.8. The molecule has 4 heterocycles. The number of aromatic nitrogens is 4. The van der Waals surface area contributed by atoms with Crippen molar-refractivity contribution in [3.63, 3.8) is 0 Å². The number of aromatic amines is 1. The fourth-order valence-corrected chi connectivity index (χ4v) is 3.91. The maximum Gasteiger partial charge on any atom is 0.270 e. The summed E-state index contributed by atoms with van der Waals surface area (Å²) in [6, 6.07) is 5.39. The number of halogens is 3. The molecule has 0 saturated carbocycles. The number of nitrogens with one attached hydrogen (secondary N) is 1. The van der Waals surface area contributed by atoms with Gasteiger partial charge in [0.25, 0.3) is 5.91 Å². The lowest BCUT2D eigenvalue weighted by atomic mass is 10.0. The Bertz CT molecular complexity index is 1530. The second-order valence-corrected chi connectivity index (χ2v) is 8.12. The van der Waals surface area contributed by atoms with Crippen molar-refractivity contribution in [2.24, 2.45) is 0 Å². The van der Waals surface area contributed by atoms with Crippen LogP contribution in [0.3, 0.4) is 0 Å². The smallest absolute Gasteiger partial charge is 0.270 e. The van der Waals surface area contributed by atoms with E-state index < -0.39 is 41.0 Å². The van der Waals surface area contributed by atoms with Gasteiger partial charge in [0, 0.05) is 36.2 Å². The number of benzene rings is 1. The molecule has 1 saturated heterocycles. The number of fused-ring (bicyclic) bond motifs is 1. The number of hydrogen-bond donors (Lipinski definition) is 1. The number of ether oxygens (including phenoxy) is 2. The molecule has 188 valence electrons. The van der Waals surface area contributed by atoms with Gasteiger partial charge in [0.15, 0.2) is 12.1 Å². The van der Waals surface area contributed by atoms with Crippen molar-refractivity contribution >= 4 is 17.3 Å². The number of rotatable bonds is 7. The Morgan fingerprint density at radius 2 is 1.89 bits per heavy atom. The number of amides is 1. The second-order valence-electron chi connectivity index (χ2n) is 8.12. The summed E-state index contributed by atoms with van der Waals surface area (Å²) in [5, 5.41) is 9.05. The summed E-state index contributed by atoms with van der Waals surface area (Å²) in [6.45, 7) is 0.756. The Kier molecular flexibility index (Phi) is 6.43. The number of imidazole rings is 1. The number of H-pyrrole nitrogens is 1. The SMILES string of the molecule is N#Cc1cc2nc(CN(CC3OCCO3)C(=O)c3cc(C(=O)c4c(F)cc(F)cc4F)c[nH]3)cn2cn1. The van der Waals surface area contributed by atoms with Crippen molar-refractivity contribution < 1.29 is 32.2 Å². The molecule has 1 fully saturated rings. The number of ketones is 1. The van der Waals surface area contributed by atoms with Crippen LogP contribution >= 0.6 is 0 Å². The van der Waals surface area contributed by atoms with E-state index in [1.807, 2.05) is 6.07 Å². The minimum Gasteiger partial charge on any atom is -0.356 e. The predicted octanol–water partition coefficient (Wildman–Crippen LogP) is 2.59. The third kappa shape index (κ3) is 4.92. The van der Waals surface area contributed by atoms with E-state index in [0.717, 1.165) is 12.3 Å². The molecule has 1 aliphatic rings. The number of carbonyl (C=O) groups excluding carboxylic acids is 2. The normalized spacial score (nSPS) is 13.7. The molecule has 13 heteroatoms. The highest BCUT2D eigenvalue weighted by atomic mass is 19.1. The lowest BCUT2D eigenvalue weighted by Gasteiger charge is -2.23. The van der Waals surface area contributed by atoms with E-state index in [-0.39, 0.29) is 30.0 Å². The van der Waals surface area contributed by atoms with E-state index >= 15 is 0 Å². The highest BCUT2D eigenvalue weighted by molar-refractivity contribution is 6.10. The Morgan fingerprint density at radius 3 is 2.59 bits per heavy atom. The maximum absolute atomic E-state index is 14.1. The van der Waals surface area contributed by atoms with Crippen LogP contribution in [0, 0.1) is 28.8 Å². The fraction of sp³-hybridized carbons (Fsp3) is 0.208. The van der Waals surface area contributed by atoms with Crippen LogP contribution in [0.5, 0.6) is 0 Å². The van der Waals surface area contributed by atoms with Crippen molar-refractivity contribution in [2.75, 3.05) is 19.8 Å². The Morgan fingerprint density at radius 1 is 1.16 bits per heavy atom. The van der Waals surface area contributed by atoms with Gasteiger partial charge >= 0.3 is 0 Å². The molecule has 10 nitrogen and oxygen atoms in total. The standard InChI is InChI=1S/C24H17F3N6O4/c25-14-4-17(26)22(18(27)5-14)23(34)13-3-19(29-8-13)24(35)32(11-21-36-1-2-37-21)9-16-10-33-12-30-15(7-28)6-20(33)31-16/h3-6,8,10,12,21,29H,1-2,9,11H2. The molecule has 0 aliphatic carbocycles. The van der Waals surface area contributed by atoms with Gasteiger partial charge in [-0.05, 0) is 6.07 Å². The molecule has 0 radical (unpaired) electrons. The van der Waals surface area contributed by atoms with Gasteiger partial charge in [0.1, 0.15) is 46.9 Å². The zero-order valence-corrected chi connectivity index (χ0v) is 19.0. The van der Waals surface area contributed by atoms with Gasteiger partial charge in [0.2, 0.25) is 0 Å². The van der Waals surface area contributed by atoms with Crippen LogP contribution in [0.1, 0.15) is 37.8 Å². The zero-order chi connectivity index (χ0) is 26.1. The first kappa shape index (κ1) is 24.2. The van der Waals surface area contributed by atoms with Crippen LogP contribution in [-0.2, 0) is 16.0 Å². The van der Waals surface area contributed by atoms with Crippen molar-refractivity contribution in [3.8, 4) is 6.07 Å². The zero-order valence-electron chi connectivity index (χ0n) is 19.0. The summed E-state index contributed by atoms with van der Waals surface area (Å²) >= 11 is 0. The van der Waals surface area contributed by atoms with Crippen LogP contribution in [0.15, 0.2) is 43.0 Å². The lowest BCUT2D eigenvalue weighted by molar-refractivity contribution is -0.0586. The molecule has 3 aromatic heterocycles. The molecule has 0 spiro atoms. The largest absolute Gasteiger partial charge is 0.356 e. The van der Waals surface area contributed by atoms with Crippen LogP contribution in [0.25, 0.3) is 5.65 Å². The number of carbonyl (C=O) groups is 2. The predicted molar refractivity (Wildman–Crippen MR) is 119 cm³/mol. The average Bonchev–Trinajstić information content (AvgIpc) is 3.62. The van der Waals surface area contributed by atoms with Gasteiger partial charge < -0.3 is 19.4 Å². The molecule has 0 bridgehead atoms. The molecule has 1 N–H and O–H groups in total. The van der Waals surface area contributed by atoms with Gasteiger partial charge in [-0.25, -0.2) is 23.1 Å². The molecule has 1 aliphatic heterocycles. The fourth-order valence-electron chi connectivity index (χ4n) is 3.91.